The summed E-state index contributed by atoms with van der Waals surface area (Å²) in [6.07, 6.45) is 3.01. The van der Waals surface area contributed by atoms with Crippen molar-refractivity contribution < 1.29 is 4.79 Å². The number of anilines is 1. The van der Waals surface area contributed by atoms with Crippen LogP contribution in [0.25, 0.3) is 0 Å². The Morgan fingerprint density at radius 1 is 1.47 bits per heavy atom. The molecule has 0 saturated carbocycles. The number of amides is 1. The maximum atomic E-state index is 12.6. The number of para-hydroxylation sites is 1. The minimum Gasteiger partial charge on any atom is -0.320 e. The molecule has 2 rings (SSSR count). The molecule has 0 aliphatic carbocycles. The van der Waals surface area contributed by atoms with Gasteiger partial charge >= 0.3 is 0 Å². The van der Waals surface area contributed by atoms with E-state index in [0.29, 0.717) is 0 Å². The molecule has 1 heterocycles. The summed E-state index contributed by atoms with van der Waals surface area (Å²) in [5, 5.41) is 0. The Morgan fingerprint density at radius 2 is 2.21 bits per heavy atom. The first-order chi connectivity index (χ1) is 9.06. The van der Waals surface area contributed by atoms with E-state index in [0.717, 1.165) is 31.5 Å². The highest BCUT2D eigenvalue weighted by Crippen LogP contribution is 2.31. The largest absolute Gasteiger partial charge is 0.320 e. The standard InChI is InChI=1S/C16H24N2O/c1-4-11(2)14(17)16(19)18-10-6-9-13-8-5-7-12(3)15(13)18/h5,7-8,11,14H,4,6,9-10,17H2,1-3H3. The van der Waals surface area contributed by atoms with Crippen LogP contribution in [-0.2, 0) is 11.2 Å². The third-order valence-corrected chi connectivity index (χ3v) is 4.23. The molecule has 19 heavy (non-hydrogen) atoms. The molecule has 0 saturated heterocycles. The highest BCUT2D eigenvalue weighted by molar-refractivity contribution is 5.99. The molecular formula is C16H24N2O. The first-order valence-electron chi connectivity index (χ1n) is 7.21. The van der Waals surface area contributed by atoms with Crippen LogP contribution in [0.15, 0.2) is 18.2 Å². The van der Waals surface area contributed by atoms with Crippen molar-refractivity contribution in [1.29, 1.82) is 0 Å². The van der Waals surface area contributed by atoms with E-state index in [1.165, 1.54) is 11.1 Å². The van der Waals surface area contributed by atoms with Gasteiger partial charge in [-0.15, -0.1) is 0 Å². The number of nitrogens with zero attached hydrogens (tertiary/aromatic N) is 1. The van der Waals surface area contributed by atoms with Crippen LogP contribution >= 0.6 is 0 Å². The van der Waals surface area contributed by atoms with E-state index in [2.05, 4.69) is 32.0 Å². The van der Waals surface area contributed by atoms with Gasteiger partial charge < -0.3 is 10.6 Å². The molecule has 1 aliphatic rings. The number of carbonyl (C=O) groups is 1. The van der Waals surface area contributed by atoms with Crippen LogP contribution in [0.5, 0.6) is 0 Å². The predicted molar refractivity (Wildman–Crippen MR) is 79.3 cm³/mol. The third kappa shape index (κ3) is 2.66. The van der Waals surface area contributed by atoms with Crippen LogP contribution in [0.3, 0.4) is 0 Å². The number of nitrogens with two attached hydrogens (primary N) is 1. The van der Waals surface area contributed by atoms with E-state index in [1.807, 2.05) is 11.8 Å². The molecule has 0 bridgehead atoms. The first kappa shape index (κ1) is 14.1. The Hall–Kier alpha value is -1.35. The van der Waals surface area contributed by atoms with Gasteiger partial charge in [0.2, 0.25) is 5.91 Å². The van der Waals surface area contributed by atoms with Crippen molar-refractivity contribution in [3.05, 3.63) is 29.3 Å². The predicted octanol–water partition coefficient (Wildman–Crippen LogP) is 2.65. The molecule has 3 nitrogen and oxygen atoms in total. The minimum absolute atomic E-state index is 0.0737. The molecular weight excluding hydrogens is 236 g/mol. The lowest BCUT2D eigenvalue weighted by molar-refractivity contribution is -0.120. The minimum atomic E-state index is -0.393. The van der Waals surface area contributed by atoms with Crippen molar-refractivity contribution in [3.8, 4) is 0 Å². The van der Waals surface area contributed by atoms with Crippen LogP contribution in [0.2, 0.25) is 0 Å². The molecule has 3 heteroatoms. The highest BCUT2D eigenvalue weighted by Gasteiger charge is 2.29. The van der Waals surface area contributed by atoms with Gasteiger partial charge in [0.1, 0.15) is 0 Å². The third-order valence-electron chi connectivity index (χ3n) is 4.23. The quantitative estimate of drug-likeness (QED) is 0.908. The summed E-state index contributed by atoms with van der Waals surface area (Å²) in [7, 11) is 0. The smallest absolute Gasteiger partial charge is 0.244 e. The fraction of sp³-hybridized carbons (Fsp3) is 0.562. The molecule has 1 aromatic carbocycles. The van der Waals surface area contributed by atoms with Gasteiger partial charge in [-0.25, -0.2) is 0 Å². The van der Waals surface area contributed by atoms with Gasteiger partial charge in [-0.1, -0.05) is 38.5 Å². The highest BCUT2D eigenvalue weighted by atomic mass is 16.2. The fourth-order valence-corrected chi connectivity index (χ4v) is 2.74. The van der Waals surface area contributed by atoms with Crippen LogP contribution in [0.1, 0.15) is 37.8 Å². The number of hydrogen-bond acceptors (Lipinski definition) is 2. The normalized spacial score (nSPS) is 17.8. The summed E-state index contributed by atoms with van der Waals surface area (Å²) < 4.78 is 0. The lowest BCUT2D eigenvalue weighted by Crippen LogP contribution is -2.49. The molecule has 0 spiro atoms. The number of hydrogen-bond donors (Lipinski definition) is 1. The Bertz CT molecular complexity index is 470. The molecule has 2 N–H and O–H groups in total. The summed E-state index contributed by atoms with van der Waals surface area (Å²) in [5.74, 6) is 0.298. The average Bonchev–Trinajstić information content (AvgIpc) is 2.44. The van der Waals surface area contributed by atoms with Crippen molar-refractivity contribution >= 4 is 11.6 Å². The van der Waals surface area contributed by atoms with Gasteiger partial charge in [0.05, 0.1) is 6.04 Å². The number of fused-ring (bicyclic) bond motifs is 1. The van der Waals surface area contributed by atoms with Gasteiger partial charge in [-0.3, -0.25) is 4.79 Å². The monoisotopic (exact) mass is 260 g/mol. The number of aryl methyl sites for hydroxylation is 2. The zero-order valence-electron chi connectivity index (χ0n) is 12.1. The van der Waals surface area contributed by atoms with E-state index in [1.54, 1.807) is 0 Å². The van der Waals surface area contributed by atoms with Crippen molar-refractivity contribution in [2.24, 2.45) is 11.7 Å². The van der Waals surface area contributed by atoms with E-state index < -0.39 is 6.04 Å². The zero-order chi connectivity index (χ0) is 14.0. The van der Waals surface area contributed by atoms with Crippen LogP contribution in [0.4, 0.5) is 5.69 Å². The van der Waals surface area contributed by atoms with Crippen LogP contribution < -0.4 is 10.6 Å². The lowest BCUT2D eigenvalue weighted by atomic mass is 9.94. The zero-order valence-corrected chi connectivity index (χ0v) is 12.1. The van der Waals surface area contributed by atoms with Gasteiger partial charge in [0, 0.05) is 12.2 Å². The van der Waals surface area contributed by atoms with E-state index in [-0.39, 0.29) is 11.8 Å². The lowest BCUT2D eigenvalue weighted by Gasteiger charge is -2.34. The van der Waals surface area contributed by atoms with Gasteiger partial charge in [-0.2, -0.15) is 0 Å². The van der Waals surface area contributed by atoms with Crippen molar-refractivity contribution in [3.63, 3.8) is 0 Å². The Labute approximate surface area is 115 Å². The SMILES string of the molecule is CCC(C)C(N)C(=O)N1CCCc2cccc(C)c21. The second kappa shape index (κ2) is 5.74. The Morgan fingerprint density at radius 3 is 2.89 bits per heavy atom. The van der Waals surface area contributed by atoms with E-state index in [4.69, 9.17) is 5.73 Å². The van der Waals surface area contributed by atoms with Crippen LogP contribution in [-0.4, -0.2) is 18.5 Å². The molecule has 0 fully saturated rings. The summed E-state index contributed by atoms with van der Waals surface area (Å²) in [5.41, 5.74) is 9.66. The second-order valence-corrected chi connectivity index (χ2v) is 5.59. The van der Waals surface area contributed by atoms with Crippen molar-refractivity contribution in [1.82, 2.24) is 0 Å². The summed E-state index contributed by atoms with van der Waals surface area (Å²) in [6, 6.07) is 5.86. The molecule has 104 valence electrons. The van der Waals surface area contributed by atoms with Crippen LogP contribution in [0, 0.1) is 12.8 Å². The summed E-state index contributed by atoms with van der Waals surface area (Å²) in [6.45, 7) is 6.98. The number of rotatable bonds is 3. The summed E-state index contributed by atoms with van der Waals surface area (Å²) in [4.78, 5) is 14.5. The molecule has 0 aromatic heterocycles. The molecule has 2 unspecified atom stereocenters. The first-order valence-corrected chi connectivity index (χ1v) is 7.21. The maximum Gasteiger partial charge on any atom is 0.244 e. The molecule has 1 amide bonds. The second-order valence-electron chi connectivity index (χ2n) is 5.59. The fourth-order valence-electron chi connectivity index (χ4n) is 2.74. The topological polar surface area (TPSA) is 46.3 Å². The molecule has 1 aliphatic heterocycles. The van der Waals surface area contributed by atoms with E-state index >= 15 is 0 Å². The van der Waals surface area contributed by atoms with Crippen molar-refractivity contribution in [2.45, 2.75) is 46.1 Å². The maximum absolute atomic E-state index is 12.6. The van der Waals surface area contributed by atoms with Gasteiger partial charge in [-0.05, 0) is 36.8 Å². The Balaban J connectivity index is 2.31. The average molecular weight is 260 g/mol. The van der Waals surface area contributed by atoms with Crippen molar-refractivity contribution in [2.75, 3.05) is 11.4 Å². The van der Waals surface area contributed by atoms with Gasteiger partial charge in [0.25, 0.3) is 0 Å². The molecule has 1 aromatic rings. The van der Waals surface area contributed by atoms with E-state index in [9.17, 15) is 4.79 Å². The molecule has 0 radical (unpaired) electrons. The summed E-state index contributed by atoms with van der Waals surface area (Å²) >= 11 is 0. The molecule has 2 atom stereocenters. The number of benzene rings is 1. The Kier molecular flexibility index (Phi) is 4.25. The number of carbonyl (C=O) groups excluding carboxylic acids is 1. The van der Waals surface area contributed by atoms with Gasteiger partial charge in [0.15, 0.2) is 0 Å².